The topological polar surface area (TPSA) is 74.6 Å². The molecule has 5 heterocycles. The Kier molecular flexibility index (Phi) is 4.77. The fourth-order valence-electron chi connectivity index (χ4n) is 4.39. The number of aromatic amines is 1. The van der Waals surface area contributed by atoms with Crippen molar-refractivity contribution in [1.29, 1.82) is 0 Å². The second-order valence-electron chi connectivity index (χ2n) is 8.37. The number of nitrogens with zero attached hydrogens (tertiary/aromatic N) is 6. The zero-order valence-corrected chi connectivity index (χ0v) is 18.2. The van der Waals surface area contributed by atoms with E-state index in [1.165, 1.54) is 6.33 Å². The number of anilines is 1. The van der Waals surface area contributed by atoms with Gasteiger partial charge in [-0.05, 0) is 24.6 Å². The number of nitrogens with one attached hydrogen (secondary N) is 1. The summed E-state index contributed by atoms with van der Waals surface area (Å²) in [5, 5.41) is 4.86. The van der Waals surface area contributed by atoms with E-state index in [9.17, 15) is 0 Å². The van der Waals surface area contributed by atoms with Crippen LogP contribution in [-0.2, 0) is 0 Å². The Labute approximate surface area is 179 Å². The van der Waals surface area contributed by atoms with Gasteiger partial charge in [0.25, 0.3) is 0 Å². The molecule has 0 aliphatic carbocycles. The Balaban J connectivity index is 1.70. The zero-order chi connectivity index (χ0) is 21.7. The minimum absolute atomic E-state index is 0.0958. The van der Waals surface area contributed by atoms with Crippen molar-refractivity contribution in [3.05, 3.63) is 36.2 Å². The lowest BCUT2D eigenvalue weighted by Gasteiger charge is -2.33. The number of piperazine rings is 1. The molecule has 162 valence electrons. The van der Waals surface area contributed by atoms with Crippen molar-refractivity contribution >= 4 is 22.4 Å². The maximum Gasteiger partial charge on any atom is 0.197 e. The Morgan fingerprint density at radius 3 is 2.65 bits per heavy atom. The van der Waals surface area contributed by atoms with Crippen molar-refractivity contribution < 1.29 is 9.13 Å². The fourth-order valence-corrected chi connectivity index (χ4v) is 4.39. The molecule has 5 rings (SSSR count). The van der Waals surface area contributed by atoms with Crippen LogP contribution in [0.1, 0.15) is 25.3 Å². The van der Waals surface area contributed by atoms with E-state index in [-0.39, 0.29) is 11.7 Å². The van der Waals surface area contributed by atoms with Gasteiger partial charge in [-0.25, -0.2) is 18.9 Å². The predicted octanol–water partition coefficient (Wildman–Crippen LogP) is 3.30. The summed E-state index contributed by atoms with van der Waals surface area (Å²) in [5.74, 6) is 0.873. The molecule has 0 atom stereocenters. The number of halogens is 1. The van der Waals surface area contributed by atoms with Gasteiger partial charge in [0.05, 0.1) is 24.5 Å². The second-order valence-corrected chi connectivity index (χ2v) is 8.37. The van der Waals surface area contributed by atoms with Gasteiger partial charge in [0.1, 0.15) is 6.33 Å². The molecule has 0 spiro atoms. The van der Waals surface area contributed by atoms with Gasteiger partial charge >= 0.3 is 0 Å². The molecule has 4 aromatic heterocycles. The van der Waals surface area contributed by atoms with E-state index in [4.69, 9.17) is 4.74 Å². The summed E-state index contributed by atoms with van der Waals surface area (Å²) in [4.78, 5) is 16.4. The van der Waals surface area contributed by atoms with Crippen molar-refractivity contribution in [1.82, 2.24) is 29.5 Å². The fraction of sp³-hybridized carbons (Fsp3) is 0.409. The number of hydrogen-bond acceptors (Lipinski definition) is 6. The highest BCUT2D eigenvalue weighted by Crippen LogP contribution is 2.39. The Morgan fingerprint density at radius 1 is 1.16 bits per heavy atom. The van der Waals surface area contributed by atoms with E-state index in [0.717, 1.165) is 43.0 Å². The molecular formula is C22H26FN7O. The van der Waals surface area contributed by atoms with Gasteiger partial charge in [-0.3, -0.25) is 0 Å². The van der Waals surface area contributed by atoms with Gasteiger partial charge in [-0.1, -0.05) is 13.8 Å². The lowest BCUT2D eigenvalue weighted by Crippen LogP contribution is -2.45. The van der Waals surface area contributed by atoms with Crippen LogP contribution in [0.25, 0.3) is 27.8 Å². The first-order chi connectivity index (χ1) is 15.0. The first kappa shape index (κ1) is 19.7. The molecule has 9 heteroatoms. The summed E-state index contributed by atoms with van der Waals surface area (Å²) in [6.45, 7) is 7.47. The SMILES string of the molecule is COc1cc(-c2[nH]c3cnc(N4CCN(C)CC4)c(F)c3c2C(C)C)cn2ncnc12. The van der Waals surface area contributed by atoms with Gasteiger partial charge in [0.2, 0.25) is 0 Å². The van der Waals surface area contributed by atoms with Crippen LogP contribution in [0.2, 0.25) is 0 Å². The van der Waals surface area contributed by atoms with Crippen LogP contribution in [0.5, 0.6) is 5.75 Å². The van der Waals surface area contributed by atoms with Gasteiger partial charge in [-0.15, -0.1) is 0 Å². The number of hydrogen-bond donors (Lipinski definition) is 1. The van der Waals surface area contributed by atoms with Crippen molar-refractivity contribution in [3.63, 3.8) is 0 Å². The number of H-pyrrole nitrogens is 1. The standard InChI is InChI=1S/C22H26FN7O/c1-13(2)17-18-15(10-24-22(19(18)23)29-7-5-28(3)6-8-29)27-20(17)14-9-16(31-4)21-25-12-26-30(21)11-14/h9-13,27H,5-8H2,1-4H3. The van der Waals surface area contributed by atoms with E-state index in [2.05, 4.69) is 45.8 Å². The number of methoxy groups -OCH3 is 1. The Hall–Kier alpha value is -3.20. The summed E-state index contributed by atoms with van der Waals surface area (Å²) >= 11 is 0. The first-order valence-electron chi connectivity index (χ1n) is 10.5. The lowest BCUT2D eigenvalue weighted by molar-refractivity contribution is 0.311. The lowest BCUT2D eigenvalue weighted by atomic mass is 9.96. The molecular weight excluding hydrogens is 397 g/mol. The number of rotatable bonds is 4. The van der Waals surface area contributed by atoms with Gasteiger partial charge < -0.3 is 19.5 Å². The second kappa shape index (κ2) is 7.49. The molecule has 0 bridgehead atoms. The van der Waals surface area contributed by atoms with E-state index >= 15 is 4.39 Å². The maximum absolute atomic E-state index is 15.9. The van der Waals surface area contributed by atoms with E-state index in [1.54, 1.807) is 17.8 Å². The normalized spacial score (nSPS) is 15.5. The van der Waals surface area contributed by atoms with Crippen molar-refractivity contribution in [2.75, 3.05) is 45.2 Å². The summed E-state index contributed by atoms with van der Waals surface area (Å²) in [6.07, 6.45) is 5.11. The van der Waals surface area contributed by atoms with Crippen molar-refractivity contribution in [3.8, 4) is 17.0 Å². The minimum atomic E-state index is -0.262. The predicted molar refractivity (Wildman–Crippen MR) is 118 cm³/mol. The van der Waals surface area contributed by atoms with Crippen LogP contribution in [0, 0.1) is 5.82 Å². The van der Waals surface area contributed by atoms with E-state index in [0.29, 0.717) is 28.1 Å². The van der Waals surface area contributed by atoms with Crippen molar-refractivity contribution in [2.24, 2.45) is 0 Å². The molecule has 0 saturated carbocycles. The molecule has 0 amide bonds. The molecule has 1 fully saturated rings. The quantitative estimate of drug-likeness (QED) is 0.543. The van der Waals surface area contributed by atoms with E-state index < -0.39 is 0 Å². The zero-order valence-electron chi connectivity index (χ0n) is 18.2. The highest BCUT2D eigenvalue weighted by atomic mass is 19.1. The van der Waals surface area contributed by atoms with Gasteiger partial charge in [0.15, 0.2) is 23.0 Å². The van der Waals surface area contributed by atoms with Crippen LogP contribution >= 0.6 is 0 Å². The van der Waals surface area contributed by atoms with Crippen LogP contribution in [-0.4, -0.2) is 69.8 Å². The summed E-state index contributed by atoms with van der Waals surface area (Å²) in [5.41, 5.74) is 3.95. The molecule has 0 unspecified atom stereocenters. The molecule has 1 saturated heterocycles. The molecule has 0 aromatic carbocycles. The highest BCUT2D eigenvalue weighted by Gasteiger charge is 2.26. The first-order valence-corrected chi connectivity index (χ1v) is 10.5. The van der Waals surface area contributed by atoms with Crippen molar-refractivity contribution in [2.45, 2.75) is 19.8 Å². The van der Waals surface area contributed by atoms with Crippen LogP contribution in [0.4, 0.5) is 10.2 Å². The van der Waals surface area contributed by atoms with Crippen LogP contribution in [0.15, 0.2) is 24.8 Å². The number of fused-ring (bicyclic) bond motifs is 2. The molecule has 31 heavy (non-hydrogen) atoms. The molecule has 1 aliphatic rings. The molecule has 8 nitrogen and oxygen atoms in total. The molecule has 1 N–H and O–H groups in total. The van der Waals surface area contributed by atoms with Gasteiger partial charge in [0, 0.05) is 43.3 Å². The molecule has 4 aromatic rings. The highest BCUT2D eigenvalue weighted by molar-refractivity contribution is 5.93. The molecule has 0 radical (unpaired) electrons. The van der Waals surface area contributed by atoms with Crippen LogP contribution < -0.4 is 9.64 Å². The number of aromatic nitrogens is 5. The Bertz CT molecular complexity index is 1250. The number of ether oxygens (including phenoxy) is 1. The third kappa shape index (κ3) is 3.20. The monoisotopic (exact) mass is 423 g/mol. The Morgan fingerprint density at radius 2 is 1.94 bits per heavy atom. The average molecular weight is 423 g/mol. The number of likely N-dealkylation sites (N-methyl/N-ethyl adjacent to an activating group) is 1. The van der Waals surface area contributed by atoms with Gasteiger partial charge in [-0.2, -0.15) is 5.10 Å². The van der Waals surface area contributed by atoms with E-state index in [1.807, 2.05) is 17.2 Å². The van der Waals surface area contributed by atoms with Crippen LogP contribution in [0.3, 0.4) is 0 Å². The summed E-state index contributed by atoms with van der Waals surface area (Å²) < 4.78 is 23.1. The smallest absolute Gasteiger partial charge is 0.197 e. The number of pyridine rings is 2. The average Bonchev–Trinajstić information content (AvgIpc) is 3.39. The summed E-state index contributed by atoms with van der Waals surface area (Å²) in [7, 11) is 3.69. The third-order valence-corrected chi connectivity index (χ3v) is 6.03. The summed E-state index contributed by atoms with van der Waals surface area (Å²) in [6, 6.07) is 1.91. The molecule has 1 aliphatic heterocycles. The third-order valence-electron chi connectivity index (χ3n) is 6.03. The maximum atomic E-state index is 15.9. The minimum Gasteiger partial charge on any atom is -0.493 e. The largest absolute Gasteiger partial charge is 0.493 e.